The smallest absolute Gasteiger partial charge is 0.291 e. The van der Waals surface area contributed by atoms with Crippen molar-refractivity contribution in [3.05, 3.63) is 0 Å². The Labute approximate surface area is 155 Å². The fraction of sp³-hybridized carbons (Fsp3) is 1.00. The average Bonchev–Trinajstić information content (AvgIpc) is 2.38. The number of nitrogens with zero attached hydrogens (tertiary/aromatic N) is 1. The summed E-state index contributed by atoms with van der Waals surface area (Å²) in [5.74, 6) is -24.3. The molecule has 0 aliphatic heterocycles. The minimum Gasteiger partial charge on any atom is -0.291 e. The van der Waals surface area contributed by atoms with Crippen LogP contribution in [0.3, 0.4) is 0 Å². The molecule has 0 saturated heterocycles. The summed E-state index contributed by atoms with van der Waals surface area (Å²) in [6.07, 6.45) is -25.0. The number of alkyl halides is 17. The summed E-state index contributed by atoms with van der Waals surface area (Å²) in [6.45, 7) is -8.27. The fourth-order valence-corrected chi connectivity index (χ4v) is 1.92. The summed E-state index contributed by atoms with van der Waals surface area (Å²) >= 11 is 0. The predicted molar refractivity (Wildman–Crippen MR) is 63.6 cm³/mol. The molecule has 0 rings (SSSR count). The van der Waals surface area contributed by atoms with Gasteiger partial charge in [0.25, 0.3) is 5.92 Å². The first-order valence-electron chi connectivity index (χ1n) is 7.18. The van der Waals surface area contributed by atoms with Crippen LogP contribution >= 0.6 is 0 Å². The Hall–Kier alpha value is -1.23. The number of hydrogen-bond acceptors (Lipinski definition) is 1. The second-order valence-corrected chi connectivity index (χ2v) is 6.09. The van der Waals surface area contributed by atoms with Gasteiger partial charge in [0, 0.05) is 13.0 Å². The predicted octanol–water partition coefficient (Wildman–Crippen LogP) is 6.30. The Kier molecular flexibility index (Phi) is 8.02. The van der Waals surface area contributed by atoms with Gasteiger partial charge in [0.2, 0.25) is 0 Å². The lowest BCUT2D eigenvalue weighted by Crippen LogP contribution is -2.58. The first-order chi connectivity index (χ1) is 12.7. The minimum absolute atomic E-state index is 1.15. The normalized spacial score (nSPS) is 15.8. The van der Waals surface area contributed by atoms with Crippen molar-refractivity contribution >= 4 is 0 Å². The van der Waals surface area contributed by atoms with Crippen LogP contribution in [0.15, 0.2) is 0 Å². The van der Waals surface area contributed by atoms with Gasteiger partial charge in [0.15, 0.2) is 0 Å². The zero-order valence-electron chi connectivity index (χ0n) is 13.9. The van der Waals surface area contributed by atoms with E-state index in [1.54, 1.807) is 0 Å². The van der Waals surface area contributed by atoms with E-state index in [1.165, 1.54) is 0 Å². The van der Waals surface area contributed by atoms with Crippen LogP contribution in [0.2, 0.25) is 0 Å². The van der Waals surface area contributed by atoms with E-state index < -0.39 is 79.6 Å². The van der Waals surface area contributed by atoms with Crippen LogP contribution in [0.5, 0.6) is 0 Å². The number of hydrogen-bond donors (Lipinski definition) is 0. The molecule has 0 spiro atoms. The second kappa shape index (κ2) is 8.37. The molecule has 30 heavy (non-hydrogen) atoms. The van der Waals surface area contributed by atoms with Crippen molar-refractivity contribution in [3.8, 4) is 0 Å². The van der Waals surface area contributed by atoms with Gasteiger partial charge in [-0.3, -0.25) is 4.90 Å². The highest BCUT2D eigenvalue weighted by Crippen LogP contribution is 2.47. The third kappa shape index (κ3) is 7.79. The van der Waals surface area contributed by atoms with E-state index in [4.69, 9.17) is 0 Å². The van der Waals surface area contributed by atoms with E-state index >= 15 is 0 Å². The monoisotopic (exact) mass is 491 g/mol. The zero-order chi connectivity index (χ0) is 24.6. The Bertz CT molecular complexity index is 555. The summed E-state index contributed by atoms with van der Waals surface area (Å²) in [5, 5.41) is 0. The van der Waals surface area contributed by atoms with Gasteiger partial charge in [0.05, 0.1) is 13.1 Å². The maximum atomic E-state index is 13.3. The Morgan fingerprint density at radius 2 is 0.933 bits per heavy atom. The minimum atomic E-state index is -7.01. The molecule has 0 unspecified atom stereocenters. The SMILES string of the molecule is FC(F)(F)CC(F)(F)CN(CCC(F)(F)C(F)(F)F)CC(F)(F)C(F)(F)C(F)(F)F. The van der Waals surface area contributed by atoms with E-state index in [-0.39, 0.29) is 0 Å². The molecule has 0 N–H and O–H groups in total. The second-order valence-electron chi connectivity index (χ2n) is 6.09. The molecule has 0 aromatic heterocycles. The van der Waals surface area contributed by atoms with Gasteiger partial charge in [-0.15, -0.1) is 0 Å². The number of rotatable bonds is 9. The lowest BCUT2D eigenvalue weighted by molar-refractivity contribution is -0.357. The van der Waals surface area contributed by atoms with E-state index in [0.717, 1.165) is 0 Å². The zero-order valence-corrected chi connectivity index (χ0v) is 13.9. The highest BCUT2D eigenvalue weighted by Gasteiger charge is 2.73. The Balaban J connectivity index is 5.79. The molecule has 0 aliphatic rings. The highest BCUT2D eigenvalue weighted by atomic mass is 19.4. The van der Waals surface area contributed by atoms with Crippen molar-refractivity contribution in [1.82, 2.24) is 4.90 Å². The van der Waals surface area contributed by atoms with E-state index in [0.29, 0.717) is 0 Å². The lowest BCUT2D eigenvalue weighted by Gasteiger charge is -2.35. The largest absolute Gasteiger partial charge is 0.459 e. The quantitative estimate of drug-likeness (QED) is 0.343. The molecule has 182 valence electrons. The third-order valence-electron chi connectivity index (χ3n) is 3.31. The Morgan fingerprint density at radius 3 is 1.27 bits per heavy atom. The van der Waals surface area contributed by atoms with Crippen LogP contribution in [0.25, 0.3) is 0 Å². The van der Waals surface area contributed by atoms with Gasteiger partial charge in [-0.25, -0.2) is 8.78 Å². The van der Waals surface area contributed by atoms with Crippen LogP contribution in [0, 0.1) is 0 Å². The average molecular weight is 491 g/mol. The molecule has 0 amide bonds. The number of halogens is 17. The van der Waals surface area contributed by atoms with E-state index in [1.807, 2.05) is 0 Å². The van der Waals surface area contributed by atoms with Gasteiger partial charge >= 0.3 is 36.3 Å². The molecule has 0 aromatic carbocycles. The molecule has 0 atom stereocenters. The van der Waals surface area contributed by atoms with Crippen molar-refractivity contribution in [1.29, 1.82) is 0 Å². The van der Waals surface area contributed by atoms with E-state index in [9.17, 15) is 74.6 Å². The highest BCUT2D eigenvalue weighted by molar-refractivity contribution is 4.94. The summed E-state index contributed by atoms with van der Waals surface area (Å²) in [6, 6.07) is 0. The van der Waals surface area contributed by atoms with Gasteiger partial charge in [-0.1, -0.05) is 0 Å². The fourth-order valence-electron chi connectivity index (χ4n) is 1.92. The maximum absolute atomic E-state index is 13.3. The molecule has 0 fully saturated rings. The van der Waals surface area contributed by atoms with Crippen molar-refractivity contribution in [2.24, 2.45) is 0 Å². The first-order valence-corrected chi connectivity index (χ1v) is 7.18. The molecule has 0 aromatic rings. The molecule has 0 radical (unpaired) electrons. The van der Waals surface area contributed by atoms with Crippen molar-refractivity contribution in [3.63, 3.8) is 0 Å². The van der Waals surface area contributed by atoms with Crippen LogP contribution in [-0.4, -0.2) is 66.8 Å². The molecule has 0 saturated carbocycles. The van der Waals surface area contributed by atoms with E-state index in [2.05, 4.69) is 0 Å². The molecular formula is C12H10F17N. The molecule has 18 heteroatoms. The lowest BCUT2D eigenvalue weighted by atomic mass is 10.1. The molecule has 0 heterocycles. The molecule has 0 aliphatic carbocycles. The van der Waals surface area contributed by atoms with Crippen molar-refractivity contribution < 1.29 is 74.6 Å². The maximum Gasteiger partial charge on any atom is 0.459 e. The molecule has 0 bridgehead atoms. The van der Waals surface area contributed by atoms with Crippen LogP contribution in [0.1, 0.15) is 12.8 Å². The van der Waals surface area contributed by atoms with Gasteiger partial charge in [-0.05, 0) is 0 Å². The first kappa shape index (κ1) is 28.8. The molecule has 1 nitrogen and oxygen atoms in total. The van der Waals surface area contributed by atoms with Crippen LogP contribution in [-0.2, 0) is 0 Å². The Morgan fingerprint density at radius 1 is 0.500 bits per heavy atom. The van der Waals surface area contributed by atoms with Crippen LogP contribution < -0.4 is 0 Å². The summed E-state index contributed by atoms with van der Waals surface area (Å²) in [5.41, 5.74) is 0. The summed E-state index contributed by atoms with van der Waals surface area (Å²) in [4.78, 5) is -1.15. The van der Waals surface area contributed by atoms with Crippen molar-refractivity contribution in [2.45, 2.75) is 55.1 Å². The van der Waals surface area contributed by atoms with Crippen LogP contribution in [0.4, 0.5) is 74.6 Å². The third-order valence-corrected chi connectivity index (χ3v) is 3.31. The van der Waals surface area contributed by atoms with Crippen molar-refractivity contribution in [2.75, 3.05) is 19.6 Å². The van der Waals surface area contributed by atoms with Gasteiger partial charge in [0.1, 0.15) is 6.42 Å². The molecular weight excluding hydrogens is 481 g/mol. The standard InChI is InChI=1S/C12H10F17N/c13-6(14,3-9(19,20)21)4-30(2-1-7(15,16)11(24,25)26)5-8(17,18)10(22,23)12(27,28)29/h1-5H2. The topological polar surface area (TPSA) is 3.24 Å². The summed E-state index contributed by atoms with van der Waals surface area (Å²) in [7, 11) is 0. The summed E-state index contributed by atoms with van der Waals surface area (Å²) < 4.78 is 213. The van der Waals surface area contributed by atoms with Gasteiger partial charge in [-0.2, -0.15) is 65.9 Å². The van der Waals surface area contributed by atoms with Gasteiger partial charge < -0.3 is 0 Å².